The van der Waals surface area contributed by atoms with E-state index in [0.717, 1.165) is 25.9 Å². The first-order valence-electron chi connectivity index (χ1n) is 5.79. The van der Waals surface area contributed by atoms with Gasteiger partial charge in [0.25, 0.3) is 5.91 Å². The molecule has 1 amide bonds. The third kappa shape index (κ3) is 2.58. The number of nitrogens with zero attached hydrogens (tertiary/aromatic N) is 2. The highest BCUT2D eigenvalue weighted by Gasteiger charge is 2.29. The number of pyridine rings is 1. The van der Waals surface area contributed by atoms with Gasteiger partial charge in [-0.1, -0.05) is 11.6 Å². The van der Waals surface area contributed by atoms with Crippen LogP contribution in [0.2, 0.25) is 5.02 Å². The molecule has 1 saturated heterocycles. The van der Waals surface area contributed by atoms with E-state index in [1.807, 2.05) is 11.9 Å². The summed E-state index contributed by atoms with van der Waals surface area (Å²) in [6, 6.07) is 1.95. The molecule has 1 aliphatic rings. The molecule has 2 heterocycles. The van der Waals surface area contributed by atoms with Crippen LogP contribution in [0.1, 0.15) is 23.2 Å². The van der Waals surface area contributed by atoms with Crippen molar-refractivity contribution in [3.05, 3.63) is 29.0 Å². The van der Waals surface area contributed by atoms with E-state index in [1.165, 1.54) is 6.20 Å². The summed E-state index contributed by atoms with van der Waals surface area (Å²) >= 11 is 6.00. The van der Waals surface area contributed by atoms with Crippen LogP contribution >= 0.6 is 11.6 Å². The molecule has 1 N–H and O–H groups in total. The lowest BCUT2D eigenvalue weighted by molar-refractivity contribution is 0.0737. The second-order valence-electron chi connectivity index (χ2n) is 4.21. The van der Waals surface area contributed by atoms with Gasteiger partial charge in [0.05, 0.1) is 10.6 Å². The molecule has 0 spiro atoms. The van der Waals surface area contributed by atoms with Gasteiger partial charge in [0.2, 0.25) is 0 Å². The molecule has 1 fully saturated rings. The Morgan fingerprint density at radius 3 is 3.24 bits per heavy atom. The zero-order valence-corrected chi connectivity index (χ0v) is 10.6. The molecule has 1 aromatic heterocycles. The van der Waals surface area contributed by atoms with Crippen molar-refractivity contribution in [3.8, 4) is 0 Å². The van der Waals surface area contributed by atoms with Gasteiger partial charge in [-0.15, -0.1) is 0 Å². The number of hydrogen-bond donors (Lipinski definition) is 1. The quantitative estimate of drug-likeness (QED) is 0.889. The number of nitrogens with one attached hydrogen (secondary N) is 1. The zero-order valence-electron chi connectivity index (χ0n) is 9.82. The number of carbonyl (C=O) groups excluding carboxylic acids is 1. The molecule has 0 aromatic carbocycles. The van der Waals surface area contributed by atoms with Crippen molar-refractivity contribution >= 4 is 17.5 Å². The molecule has 92 valence electrons. The molecule has 0 aliphatic carbocycles. The Bertz CT molecular complexity index is 410. The minimum absolute atomic E-state index is 0.00940. The van der Waals surface area contributed by atoms with Crippen molar-refractivity contribution in [3.63, 3.8) is 0 Å². The third-order valence-corrected chi connectivity index (χ3v) is 3.38. The number of hydrogen-bond acceptors (Lipinski definition) is 3. The summed E-state index contributed by atoms with van der Waals surface area (Å²) in [5, 5.41) is 3.55. The normalized spacial score (nSPS) is 19.6. The molecule has 2 rings (SSSR count). The predicted octanol–water partition coefficient (Wildman–Crippen LogP) is 1.56. The van der Waals surface area contributed by atoms with Gasteiger partial charge in [-0.05, 0) is 26.0 Å². The van der Waals surface area contributed by atoms with Crippen LogP contribution in [0.25, 0.3) is 0 Å². The van der Waals surface area contributed by atoms with Crippen molar-refractivity contribution in [2.24, 2.45) is 0 Å². The third-order valence-electron chi connectivity index (χ3n) is 3.08. The molecule has 0 unspecified atom stereocenters. The van der Waals surface area contributed by atoms with E-state index in [-0.39, 0.29) is 11.9 Å². The van der Waals surface area contributed by atoms with Crippen LogP contribution in [0.4, 0.5) is 0 Å². The van der Waals surface area contributed by atoms with Crippen LogP contribution in [0.3, 0.4) is 0 Å². The number of halogens is 1. The molecule has 1 aromatic rings. The van der Waals surface area contributed by atoms with E-state index in [4.69, 9.17) is 11.6 Å². The Morgan fingerprint density at radius 2 is 2.53 bits per heavy atom. The van der Waals surface area contributed by atoms with E-state index >= 15 is 0 Å². The van der Waals surface area contributed by atoms with Crippen LogP contribution in [-0.4, -0.2) is 42.0 Å². The first-order valence-corrected chi connectivity index (χ1v) is 6.17. The van der Waals surface area contributed by atoms with Crippen molar-refractivity contribution in [1.29, 1.82) is 0 Å². The highest BCUT2D eigenvalue weighted by molar-refractivity contribution is 6.33. The van der Waals surface area contributed by atoms with Crippen molar-refractivity contribution in [2.75, 3.05) is 20.1 Å². The van der Waals surface area contributed by atoms with Crippen molar-refractivity contribution < 1.29 is 4.79 Å². The molecular weight excluding hydrogens is 238 g/mol. The first kappa shape index (κ1) is 12.3. The number of likely N-dealkylation sites (tertiary alicyclic amines) is 1. The molecule has 5 heteroatoms. The van der Waals surface area contributed by atoms with E-state index in [0.29, 0.717) is 10.6 Å². The molecule has 17 heavy (non-hydrogen) atoms. The highest BCUT2D eigenvalue weighted by Crippen LogP contribution is 2.22. The van der Waals surface area contributed by atoms with Crippen LogP contribution in [0.15, 0.2) is 18.5 Å². The van der Waals surface area contributed by atoms with Gasteiger partial charge >= 0.3 is 0 Å². The maximum atomic E-state index is 12.3. The van der Waals surface area contributed by atoms with Crippen molar-refractivity contribution in [2.45, 2.75) is 18.9 Å². The molecule has 0 saturated carbocycles. The monoisotopic (exact) mass is 253 g/mol. The zero-order chi connectivity index (χ0) is 12.3. The average Bonchev–Trinajstić information content (AvgIpc) is 2.78. The fourth-order valence-electron chi connectivity index (χ4n) is 2.25. The van der Waals surface area contributed by atoms with Crippen molar-refractivity contribution in [1.82, 2.24) is 15.2 Å². The van der Waals surface area contributed by atoms with Gasteiger partial charge in [0.1, 0.15) is 0 Å². The number of likely N-dealkylation sites (N-methyl/N-ethyl adjacent to an activating group) is 1. The molecular formula is C12H16ClN3O. The van der Waals surface area contributed by atoms with Gasteiger partial charge in [0, 0.05) is 31.5 Å². The molecule has 1 aliphatic heterocycles. The fourth-order valence-corrected chi connectivity index (χ4v) is 2.45. The van der Waals surface area contributed by atoms with Crippen LogP contribution in [0.5, 0.6) is 0 Å². The van der Waals surface area contributed by atoms with Crippen LogP contribution in [-0.2, 0) is 0 Å². The number of amides is 1. The highest BCUT2D eigenvalue weighted by atomic mass is 35.5. The minimum atomic E-state index is 0.00940. The Morgan fingerprint density at radius 1 is 1.71 bits per heavy atom. The van der Waals surface area contributed by atoms with Crippen LogP contribution in [0, 0.1) is 0 Å². The van der Waals surface area contributed by atoms with Gasteiger partial charge in [-0.2, -0.15) is 0 Å². The van der Waals surface area contributed by atoms with Gasteiger partial charge < -0.3 is 10.2 Å². The Balaban J connectivity index is 2.17. The molecule has 1 atom stereocenters. The Labute approximate surface area is 106 Å². The second kappa shape index (κ2) is 5.47. The topological polar surface area (TPSA) is 45.2 Å². The summed E-state index contributed by atoms with van der Waals surface area (Å²) in [5.41, 5.74) is 0.546. The fraction of sp³-hybridized carbons (Fsp3) is 0.500. The summed E-state index contributed by atoms with van der Waals surface area (Å²) in [6.45, 7) is 1.64. The van der Waals surface area contributed by atoms with Gasteiger partial charge in [0.15, 0.2) is 0 Å². The summed E-state index contributed by atoms with van der Waals surface area (Å²) in [4.78, 5) is 18.1. The SMILES string of the molecule is CNC[C@H]1CCCN1C(=O)c1ccncc1Cl. The molecule has 0 bridgehead atoms. The van der Waals surface area contributed by atoms with Gasteiger partial charge in [-0.3, -0.25) is 9.78 Å². The minimum Gasteiger partial charge on any atom is -0.334 e. The van der Waals surface area contributed by atoms with E-state index in [9.17, 15) is 4.79 Å². The number of rotatable bonds is 3. The first-order chi connectivity index (χ1) is 8.24. The maximum Gasteiger partial charge on any atom is 0.255 e. The summed E-state index contributed by atoms with van der Waals surface area (Å²) in [6.07, 6.45) is 5.22. The van der Waals surface area contributed by atoms with Gasteiger partial charge in [-0.25, -0.2) is 0 Å². The van der Waals surface area contributed by atoms with E-state index in [1.54, 1.807) is 12.3 Å². The predicted molar refractivity (Wildman–Crippen MR) is 67.2 cm³/mol. The molecule has 4 nitrogen and oxygen atoms in total. The second-order valence-corrected chi connectivity index (χ2v) is 4.61. The lowest BCUT2D eigenvalue weighted by Gasteiger charge is -2.24. The summed E-state index contributed by atoms with van der Waals surface area (Å²) in [5.74, 6) is 0.00940. The smallest absolute Gasteiger partial charge is 0.255 e. The maximum absolute atomic E-state index is 12.3. The lowest BCUT2D eigenvalue weighted by atomic mass is 10.2. The molecule has 0 radical (unpaired) electrons. The Kier molecular flexibility index (Phi) is 3.97. The Hall–Kier alpha value is -1.13. The summed E-state index contributed by atoms with van der Waals surface area (Å²) < 4.78 is 0. The standard InChI is InChI=1S/C12H16ClN3O/c1-14-7-9-3-2-6-16(9)12(17)10-4-5-15-8-11(10)13/h4-5,8-9,14H,2-3,6-7H2,1H3/t9-/m1/s1. The lowest BCUT2D eigenvalue weighted by Crippen LogP contribution is -2.40. The van der Waals surface area contributed by atoms with E-state index < -0.39 is 0 Å². The number of carbonyl (C=O) groups is 1. The number of aromatic nitrogens is 1. The average molecular weight is 254 g/mol. The van der Waals surface area contributed by atoms with E-state index in [2.05, 4.69) is 10.3 Å². The van der Waals surface area contributed by atoms with Crippen LogP contribution < -0.4 is 5.32 Å². The largest absolute Gasteiger partial charge is 0.334 e. The summed E-state index contributed by atoms with van der Waals surface area (Å²) in [7, 11) is 1.90.